The zero-order valence-electron chi connectivity index (χ0n) is 12.9. The molecule has 0 fully saturated rings. The second-order valence-electron chi connectivity index (χ2n) is 5.49. The Balaban J connectivity index is 2.02. The van der Waals surface area contributed by atoms with E-state index in [0.717, 1.165) is 17.7 Å². The number of alkyl halides is 5. The third kappa shape index (κ3) is 3.31. The number of ether oxygens (including phenoxy) is 1. The van der Waals surface area contributed by atoms with Gasteiger partial charge in [-0.3, -0.25) is 0 Å². The van der Waals surface area contributed by atoms with Gasteiger partial charge in [-0.15, -0.1) is 0 Å². The lowest BCUT2D eigenvalue weighted by molar-refractivity contribution is -0.292. The van der Waals surface area contributed by atoms with Crippen molar-refractivity contribution in [3.8, 4) is 11.5 Å². The number of aromatic amines is 1. The van der Waals surface area contributed by atoms with Crippen LogP contribution in [-0.4, -0.2) is 16.1 Å². The Morgan fingerprint density at radius 3 is 2.23 bits per heavy atom. The molecule has 0 aliphatic rings. The van der Waals surface area contributed by atoms with Crippen molar-refractivity contribution in [2.45, 2.75) is 19.0 Å². The van der Waals surface area contributed by atoms with Gasteiger partial charge in [0.15, 0.2) is 5.82 Å². The summed E-state index contributed by atoms with van der Waals surface area (Å²) < 4.78 is 69.9. The number of rotatable bonds is 3. The Bertz CT molecular complexity index is 985. The molecule has 10 heteroatoms. The number of benzene rings is 2. The van der Waals surface area contributed by atoms with E-state index in [4.69, 9.17) is 27.9 Å². The second-order valence-corrected chi connectivity index (χ2v) is 6.31. The highest BCUT2D eigenvalue weighted by Gasteiger charge is 2.61. The molecule has 0 amide bonds. The van der Waals surface area contributed by atoms with Crippen LogP contribution in [0, 0.1) is 6.92 Å². The van der Waals surface area contributed by atoms with Gasteiger partial charge in [0.1, 0.15) is 11.5 Å². The molecule has 0 atom stereocenters. The van der Waals surface area contributed by atoms with Crippen molar-refractivity contribution >= 4 is 34.2 Å². The van der Waals surface area contributed by atoms with Gasteiger partial charge in [0, 0.05) is 6.07 Å². The van der Waals surface area contributed by atoms with Crippen LogP contribution in [0.3, 0.4) is 0 Å². The molecule has 1 aromatic heterocycles. The number of nitrogens with zero attached hydrogens (tertiary/aromatic N) is 1. The predicted molar refractivity (Wildman–Crippen MR) is 87.3 cm³/mol. The van der Waals surface area contributed by atoms with Gasteiger partial charge in [-0.05, 0) is 30.7 Å². The van der Waals surface area contributed by atoms with Gasteiger partial charge >= 0.3 is 12.1 Å². The molecule has 0 aliphatic heterocycles. The maximum absolute atomic E-state index is 13.4. The highest BCUT2D eigenvalue weighted by atomic mass is 35.5. The highest BCUT2D eigenvalue weighted by Crippen LogP contribution is 2.44. The van der Waals surface area contributed by atoms with E-state index in [-0.39, 0.29) is 32.6 Å². The van der Waals surface area contributed by atoms with Crippen LogP contribution in [0.1, 0.15) is 11.4 Å². The molecule has 3 nitrogen and oxygen atoms in total. The van der Waals surface area contributed by atoms with Crippen molar-refractivity contribution in [2.24, 2.45) is 0 Å². The normalized spacial score (nSPS) is 12.6. The molecule has 1 N–H and O–H groups in total. The number of hydrogen-bond acceptors (Lipinski definition) is 2. The first kappa shape index (κ1) is 18.7. The van der Waals surface area contributed by atoms with Crippen LogP contribution in [0.5, 0.6) is 11.5 Å². The summed E-state index contributed by atoms with van der Waals surface area (Å²) in [5.41, 5.74) is 0.637. The van der Waals surface area contributed by atoms with Crippen LogP contribution < -0.4 is 4.74 Å². The number of aromatic nitrogens is 2. The fourth-order valence-corrected chi connectivity index (χ4v) is 2.66. The molecule has 3 rings (SSSR count). The van der Waals surface area contributed by atoms with Crippen molar-refractivity contribution < 1.29 is 26.7 Å². The summed E-state index contributed by atoms with van der Waals surface area (Å²) in [4.78, 5) is 5.28. The summed E-state index contributed by atoms with van der Waals surface area (Å²) in [5.74, 6) is -6.39. The van der Waals surface area contributed by atoms with Gasteiger partial charge < -0.3 is 9.72 Å². The third-order valence-electron chi connectivity index (χ3n) is 3.50. The van der Waals surface area contributed by atoms with E-state index in [1.807, 2.05) is 11.9 Å². The second kappa shape index (κ2) is 6.28. The lowest BCUT2D eigenvalue weighted by Gasteiger charge is -2.16. The number of nitrogens with one attached hydrogen (secondary N) is 1. The van der Waals surface area contributed by atoms with E-state index in [1.54, 1.807) is 18.2 Å². The zero-order chi connectivity index (χ0) is 19.3. The Morgan fingerprint density at radius 1 is 0.962 bits per heavy atom. The average Bonchev–Trinajstić information content (AvgIpc) is 2.92. The van der Waals surface area contributed by atoms with Gasteiger partial charge in [-0.1, -0.05) is 29.3 Å². The molecule has 0 spiro atoms. The summed E-state index contributed by atoms with van der Waals surface area (Å²) in [7, 11) is 0. The molecule has 0 saturated heterocycles. The zero-order valence-corrected chi connectivity index (χ0v) is 14.4. The van der Waals surface area contributed by atoms with E-state index in [2.05, 4.69) is 4.98 Å². The molecule has 0 radical (unpaired) electrons. The molecule has 0 aliphatic carbocycles. The van der Waals surface area contributed by atoms with Crippen molar-refractivity contribution in [1.29, 1.82) is 0 Å². The summed E-state index contributed by atoms with van der Waals surface area (Å²) in [6.45, 7) is 1.82. The summed E-state index contributed by atoms with van der Waals surface area (Å²) in [5, 5.41) is 0.271. The molecule has 26 heavy (non-hydrogen) atoms. The van der Waals surface area contributed by atoms with Gasteiger partial charge in [-0.25, -0.2) is 4.98 Å². The highest BCUT2D eigenvalue weighted by molar-refractivity contribution is 6.33. The topological polar surface area (TPSA) is 37.9 Å². The van der Waals surface area contributed by atoms with Crippen LogP contribution in [0.4, 0.5) is 22.0 Å². The lowest BCUT2D eigenvalue weighted by atomic mass is 10.2. The molecule has 0 bridgehead atoms. The van der Waals surface area contributed by atoms with Gasteiger partial charge in [-0.2, -0.15) is 22.0 Å². The molecule has 2 aromatic carbocycles. The van der Waals surface area contributed by atoms with E-state index in [0.29, 0.717) is 0 Å². The van der Waals surface area contributed by atoms with Gasteiger partial charge in [0.2, 0.25) is 0 Å². The first-order valence-electron chi connectivity index (χ1n) is 7.07. The smallest absolute Gasteiger partial charge is 0.454 e. The first-order chi connectivity index (χ1) is 12.0. The molecule has 138 valence electrons. The molecular weight excluding hydrogens is 402 g/mol. The van der Waals surface area contributed by atoms with E-state index in [1.165, 1.54) is 0 Å². The van der Waals surface area contributed by atoms with Gasteiger partial charge in [0.25, 0.3) is 0 Å². The van der Waals surface area contributed by atoms with Crippen LogP contribution in [0.15, 0.2) is 30.3 Å². The number of H-pyrrole nitrogens is 1. The Labute approximate surface area is 153 Å². The quantitative estimate of drug-likeness (QED) is 0.492. The maximum atomic E-state index is 13.4. The minimum absolute atomic E-state index is 0.0123. The van der Waals surface area contributed by atoms with Crippen LogP contribution in [0.2, 0.25) is 10.0 Å². The first-order valence-corrected chi connectivity index (χ1v) is 7.83. The van der Waals surface area contributed by atoms with E-state index in [9.17, 15) is 22.0 Å². The van der Waals surface area contributed by atoms with E-state index < -0.39 is 17.9 Å². The Hall–Kier alpha value is -2.06. The minimum Gasteiger partial charge on any atom is -0.454 e. The number of halogens is 7. The van der Waals surface area contributed by atoms with Crippen LogP contribution in [0.25, 0.3) is 11.0 Å². The van der Waals surface area contributed by atoms with Crippen molar-refractivity contribution in [1.82, 2.24) is 9.97 Å². The Kier molecular flexibility index (Phi) is 4.52. The van der Waals surface area contributed by atoms with Crippen molar-refractivity contribution in [3.63, 3.8) is 0 Å². The molecule has 0 saturated carbocycles. The molecule has 3 aromatic rings. The molecule has 1 heterocycles. The number of aryl methyl sites for hydroxylation is 1. The fourth-order valence-electron chi connectivity index (χ4n) is 2.18. The van der Waals surface area contributed by atoms with Crippen molar-refractivity contribution in [3.05, 3.63) is 51.8 Å². The van der Waals surface area contributed by atoms with E-state index >= 15 is 0 Å². The monoisotopic (exact) mass is 410 g/mol. The van der Waals surface area contributed by atoms with Crippen molar-refractivity contribution in [2.75, 3.05) is 0 Å². The largest absolute Gasteiger partial charge is 0.461 e. The van der Waals surface area contributed by atoms with Crippen LogP contribution >= 0.6 is 23.2 Å². The lowest BCUT2D eigenvalue weighted by Crippen LogP contribution is -2.34. The summed E-state index contributed by atoms with van der Waals surface area (Å²) in [6.07, 6.45) is -5.78. The van der Waals surface area contributed by atoms with Gasteiger partial charge in [0.05, 0.1) is 21.1 Å². The average molecular weight is 411 g/mol. The predicted octanol–water partition coefficient (Wildman–Crippen LogP) is 6.62. The Morgan fingerprint density at radius 2 is 1.62 bits per heavy atom. The summed E-state index contributed by atoms with van der Waals surface area (Å²) >= 11 is 12.1. The summed E-state index contributed by atoms with van der Waals surface area (Å²) in [6, 6.07) is 7.24. The standard InChI is InChI=1S/C16H9Cl2F5N2O/c1-7-2-3-12(8(17)4-7)26-13-6-11-10(5-9(13)18)24-14(25-11)15(19,20)16(21,22)23/h2-6H,1H3,(H,24,25). The third-order valence-corrected chi connectivity index (χ3v) is 4.09. The molecular formula is C16H9Cl2F5N2O. The maximum Gasteiger partial charge on any atom is 0.461 e. The fraction of sp³-hybridized carbons (Fsp3) is 0.188. The SMILES string of the molecule is Cc1ccc(Oc2cc3nc(C(F)(F)C(F)(F)F)[nH]c3cc2Cl)c(Cl)c1. The number of imidazole rings is 1. The number of fused-ring (bicyclic) bond motifs is 1. The van der Waals surface area contributed by atoms with Crippen LogP contribution in [-0.2, 0) is 5.92 Å². The minimum atomic E-state index is -5.78. The number of hydrogen-bond donors (Lipinski definition) is 1. The molecule has 0 unspecified atom stereocenters.